The summed E-state index contributed by atoms with van der Waals surface area (Å²) >= 11 is 0. The van der Waals surface area contributed by atoms with Crippen LogP contribution < -0.4 is 26.0 Å². The van der Waals surface area contributed by atoms with E-state index in [1.54, 1.807) is 0 Å². The standard InChI is InChI=1S/C41H27BN2O/c1-3-14-28(15-4-1)35-26-30(27-36(43-35)29-16-5-2-6-17-29)31-18-7-8-19-32(31)42-33-20-9-10-22-37(33)44-38-23-11-12-24-39(38)45-40-25-13-21-34(42)41(40)44/h1-27H. The van der Waals surface area contributed by atoms with Crippen molar-refractivity contribution in [2.75, 3.05) is 4.90 Å². The fourth-order valence-electron chi connectivity index (χ4n) is 6.96. The molecule has 0 radical (unpaired) electrons. The van der Waals surface area contributed by atoms with Gasteiger partial charge >= 0.3 is 0 Å². The van der Waals surface area contributed by atoms with Gasteiger partial charge in [0.2, 0.25) is 6.71 Å². The third-order valence-corrected chi connectivity index (χ3v) is 8.93. The lowest BCUT2D eigenvalue weighted by molar-refractivity contribution is 0.477. The van der Waals surface area contributed by atoms with E-state index in [0.717, 1.165) is 51.0 Å². The number of aromatic nitrogens is 1. The zero-order valence-corrected chi connectivity index (χ0v) is 24.5. The molecular weight excluding hydrogens is 547 g/mol. The van der Waals surface area contributed by atoms with Crippen LogP contribution in [0.15, 0.2) is 164 Å². The lowest BCUT2D eigenvalue weighted by Gasteiger charge is -2.41. The minimum Gasteiger partial charge on any atom is -0.453 e. The van der Waals surface area contributed by atoms with Gasteiger partial charge in [0, 0.05) is 16.8 Å². The summed E-state index contributed by atoms with van der Waals surface area (Å²) in [6.07, 6.45) is 0. The van der Waals surface area contributed by atoms with Crippen LogP contribution in [0, 0.1) is 0 Å². The van der Waals surface area contributed by atoms with Crippen molar-refractivity contribution in [3.63, 3.8) is 0 Å². The van der Waals surface area contributed by atoms with Crippen LogP contribution in [0.3, 0.4) is 0 Å². The Morgan fingerprint density at radius 1 is 0.444 bits per heavy atom. The summed E-state index contributed by atoms with van der Waals surface area (Å²) in [6, 6.07) is 57.8. The number of ether oxygens (including phenoxy) is 1. The van der Waals surface area contributed by atoms with Crippen LogP contribution >= 0.6 is 0 Å². The summed E-state index contributed by atoms with van der Waals surface area (Å²) < 4.78 is 6.52. The van der Waals surface area contributed by atoms with Gasteiger partial charge in [-0.3, -0.25) is 0 Å². The van der Waals surface area contributed by atoms with Gasteiger partial charge in [0.15, 0.2) is 11.5 Å². The van der Waals surface area contributed by atoms with Gasteiger partial charge in [-0.2, -0.15) is 0 Å². The molecule has 45 heavy (non-hydrogen) atoms. The van der Waals surface area contributed by atoms with E-state index in [2.05, 4.69) is 144 Å². The number of pyridine rings is 1. The molecular formula is C41H27BN2O. The molecule has 0 aliphatic carbocycles. The molecule has 9 rings (SSSR count). The summed E-state index contributed by atoms with van der Waals surface area (Å²) in [5.74, 6) is 1.75. The van der Waals surface area contributed by atoms with E-state index in [-0.39, 0.29) is 6.71 Å². The molecule has 6 aromatic carbocycles. The lowest BCUT2D eigenvalue weighted by Crippen LogP contribution is -2.58. The smallest absolute Gasteiger partial charge is 0.247 e. The average Bonchev–Trinajstić information content (AvgIpc) is 3.12. The van der Waals surface area contributed by atoms with Crippen molar-refractivity contribution < 1.29 is 4.74 Å². The van der Waals surface area contributed by atoms with E-state index in [1.165, 1.54) is 27.6 Å². The van der Waals surface area contributed by atoms with Crippen LogP contribution in [-0.2, 0) is 0 Å². The number of rotatable bonds is 4. The van der Waals surface area contributed by atoms with Crippen molar-refractivity contribution in [3.8, 4) is 45.1 Å². The quantitative estimate of drug-likeness (QED) is 0.197. The first-order chi connectivity index (χ1) is 22.3. The molecule has 3 heterocycles. The van der Waals surface area contributed by atoms with Crippen LogP contribution in [-0.4, -0.2) is 11.7 Å². The molecule has 2 aliphatic heterocycles. The van der Waals surface area contributed by atoms with Gasteiger partial charge in [-0.1, -0.05) is 133 Å². The number of hydrogen-bond donors (Lipinski definition) is 0. The molecule has 2 aliphatic rings. The van der Waals surface area contributed by atoms with Crippen molar-refractivity contribution in [1.82, 2.24) is 4.98 Å². The van der Waals surface area contributed by atoms with Gasteiger partial charge in [0.25, 0.3) is 0 Å². The maximum absolute atomic E-state index is 6.52. The molecule has 0 saturated carbocycles. The first-order valence-corrected chi connectivity index (χ1v) is 15.3. The number of nitrogens with zero attached hydrogens (tertiary/aromatic N) is 2. The van der Waals surface area contributed by atoms with E-state index in [0.29, 0.717) is 0 Å². The zero-order chi connectivity index (χ0) is 29.7. The van der Waals surface area contributed by atoms with Crippen LogP contribution in [0.1, 0.15) is 0 Å². The normalized spacial score (nSPS) is 12.5. The largest absolute Gasteiger partial charge is 0.453 e. The van der Waals surface area contributed by atoms with E-state index in [1.807, 2.05) is 24.3 Å². The Bertz CT molecular complexity index is 2160. The molecule has 7 aromatic rings. The van der Waals surface area contributed by atoms with Gasteiger partial charge in [-0.15, -0.1) is 0 Å². The first-order valence-electron chi connectivity index (χ1n) is 15.3. The predicted molar refractivity (Wildman–Crippen MR) is 186 cm³/mol. The highest BCUT2D eigenvalue weighted by Crippen LogP contribution is 2.50. The van der Waals surface area contributed by atoms with Crippen LogP contribution in [0.5, 0.6) is 11.5 Å². The minimum atomic E-state index is 0.00554. The Morgan fingerprint density at radius 3 is 1.73 bits per heavy atom. The van der Waals surface area contributed by atoms with Crippen molar-refractivity contribution in [2.24, 2.45) is 0 Å². The molecule has 0 amide bonds. The lowest BCUT2D eigenvalue weighted by atomic mass is 9.34. The van der Waals surface area contributed by atoms with Crippen LogP contribution in [0.4, 0.5) is 17.1 Å². The molecule has 4 heteroatoms. The average molecular weight is 574 g/mol. The molecule has 0 N–H and O–H groups in total. The molecule has 0 saturated heterocycles. The van der Waals surface area contributed by atoms with Gasteiger partial charge in [0.05, 0.1) is 22.8 Å². The highest BCUT2D eigenvalue weighted by Gasteiger charge is 2.40. The third kappa shape index (κ3) is 4.18. The topological polar surface area (TPSA) is 25.4 Å². The molecule has 210 valence electrons. The van der Waals surface area contributed by atoms with E-state index >= 15 is 0 Å². The first kappa shape index (κ1) is 25.6. The Balaban J connectivity index is 1.28. The molecule has 3 nitrogen and oxygen atoms in total. The van der Waals surface area contributed by atoms with Gasteiger partial charge in [0.1, 0.15) is 0 Å². The Labute approximate surface area is 263 Å². The van der Waals surface area contributed by atoms with E-state index in [9.17, 15) is 0 Å². The second-order valence-electron chi connectivity index (χ2n) is 11.5. The summed E-state index contributed by atoms with van der Waals surface area (Å²) in [6.45, 7) is 0.00554. The fraction of sp³-hybridized carbons (Fsp3) is 0. The second kappa shape index (κ2) is 10.4. The highest BCUT2D eigenvalue weighted by atomic mass is 16.5. The van der Waals surface area contributed by atoms with Gasteiger partial charge < -0.3 is 9.64 Å². The molecule has 0 spiro atoms. The van der Waals surface area contributed by atoms with Crippen molar-refractivity contribution in [1.29, 1.82) is 0 Å². The number of para-hydroxylation sites is 4. The monoisotopic (exact) mass is 574 g/mol. The SMILES string of the molecule is c1ccc(-c2cc(-c3ccccc3B3c4ccccc4N4c5ccccc5Oc5cccc3c54)cc(-c3ccccc3)n2)cc1. The molecule has 0 unspecified atom stereocenters. The predicted octanol–water partition coefficient (Wildman–Crippen LogP) is 8.49. The summed E-state index contributed by atoms with van der Waals surface area (Å²) in [7, 11) is 0. The number of hydrogen-bond acceptors (Lipinski definition) is 3. The number of anilines is 3. The fourth-order valence-corrected chi connectivity index (χ4v) is 6.96. The zero-order valence-electron chi connectivity index (χ0n) is 24.5. The van der Waals surface area contributed by atoms with Crippen LogP contribution in [0.25, 0.3) is 33.6 Å². The van der Waals surface area contributed by atoms with Crippen molar-refractivity contribution >= 4 is 40.2 Å². The molecule has 0 atom stereocenters. The Hall–Kier alpha value is -5.87. The summed E-state index contributed by atoms with van der Waals surface area (Å²) in [5.41, 5.74) is 13.5. The van der Waals surface area contributed by atoms with Crippen molar-refractivity contribution in [2.45, 2.75) is 0 Å². The minimum absolute atomic E-state index is 0.00554. The van der Waals surface area contributed by atoms with Gasteiger partial charge in [-0.25, -0.2) is 4.98 Å². The van der Waals surface area contributed by atoms with Crippen molar-refractivity contribution in [3.05, 3.63) is 164 Å². The number of benzene rings is 6. The molecule has 0 bridgehead atoms. The summed E-state index contributed by atoms with van der Waals surface area (Å²) in [4.78, 5) is 7.53. The third-order valence-electron chi connectivity index (χ3n) is 8.93. The van der Waals surface area contributed by atoms with Gasteiger partial charge in [-0.05, 0) is 58.5 Å². The second-order valence-corrected chi connectivity index (χ2v) is 11.5. The maximum Gasteiger partial charge on any atom is 0.247 e. The number of fused-ring (bicyclic) bond motifs is 4. The molecule has 0 fully saturated rings. The Kier molecular flexibility index (Phi) is 5.92. The maximum atomic E-state index is 6.52. The van der Waals surface area contributed by atoms with Crippen LogP contribution in [0.2, 0.25) is 0 Å². The summed E-state index contributed by atoms with van der Waals surface area (Å²) in [5, 5.41) is 0. The Morgan fingerprint density at radius 2 is 1.00 bits per heavy atom. The van der Waals surface area contributed by atoms with E-state index < -0.39 is 0 Å². The molecule has 1 aromatic heterocycles. The van der Waals surface area contributed by atoms with E-state index in [4.69, 9.17) is 9.72 Å². The highest BCUT2D eigenvalue weighted by molar-refractivity contribution is 6.98.